The van der Waals surface area contributed by atoms with Crippen LogP contribution in [-0.4, -0.2) is 23.4 Å². The van der Waals surface area contributed by atoms with Gasteiger partial charge in [0.25, 0.3) is 0 Å². The second-order valence-electron chi connectivity index (χ2n) is 8.78. The molecule has 1 aliphatic rings. The van der Waals surface area contributed by atoms with Gasteiger partial charge in [0, 0.05) is 16.5 Å². The lowest BCUT2D eigenvalue weighted by Crippen LogP contribution is -2.37. The van der Waals surface area contributed by atoms with Crippen molar-refractivity contribution in [1.82, 2.24) is 4.57 Å². The molecule has 0 spiro atoms. The number of benzene rings is 3. The van der Waals surface area contributed by atoms with E-state index in [9.17, 15) is 0 Å². The van der Waals surface area contributed by atoms with E-state index in [1.807, 2.05) is 0 Å². The molecule has 1 unspecified atom stereocenters. The number of rotatable bonds is 3. The Morgan fingerprint density at radius 3 is 2.28 bits per heavy atom. The second-order valence-corrected chi connectivity index (χ2v) is 8.78. The Morgan fingerprint density at radius 2 is 1.55 bits per heavy atom. The molecule has 2 heterocycles. The zero-order valence-corrected chi connectivity index (χ0v) is 17.4. The minimum absolute atomic E-state index is 0.0604. The van der Waals surface area contributed by atoms with Crippen molar-refractivity contribution in [1.29, 1.82) is 0 Å². The highest BCUT2D eigenvalue weighted by atomic mass is 16.7. The van der Waals surface area contributed by atoms with Crippen LogP contribution in [0.25, 0.3) is 27.5 Å². The van der Waals surface area contributed by atoms with Crippen molar-refractivity contribution in [2.45, 2.75) is 39.4 Å². The first kappa shape index (κ1) is 18.5. The summed E-state index contributed by atoms with van der Waals surface area (Å²) in [6.45, 7) is 8.65. The fourth-order valence-corrected chi connectivity index (χ4v) is 4.86. The average Bonchev–Trinajstić information content (AvgIpc) is 3.22. The first-order chi connectivity index (χ1) is 14.0. The standard InChI is InChI=1S/C25H26BNO2/c1-17(2)24-25(3,4)29-26(28-24)20-14-10-16-22-23(20)19-13-8-9-15-21(19)27(22)18-11-6-5-7-12-18/h5-17,24H,1-4H3. The Hall–Kier alpha value is -2.56. The number of nitrogens with zero attached hydrogens (tertiary/aromatic N) is 1. The monoisotopic (exact) mass is 383 g/mol. The van der Waals surface area contributed by atoms with Crippen LogP contribution in [0.15, 0.2) is 72.8 Å². The van der Waals surface area contributed by atoms with Crippen molar-refractivity contribution in [2.75, 3.05) is 0 Å². The Morgan fingerprint density at radius 1 is 0.862 bits per heavy atom. The number of aromatic nitrogens is 1. The van der Waals surface area contributed by atoms with Crippen molar-refractivity contribution >= 4 is 34.4 Å². The summed E-state index contributed by atoms with van der Waals surface area (Å²) in [5.74, 6) is 0.389. The zero-order valence-electron chi connectivity index (χ0n) is 17.4. The summed E-state index contributed by atoms with van der Waals surface area (Å²) >= 11 is 0. The van der Waals surface area contributed by atoms with Crippen molar-refractivity contribution in [3.8, 4) is 5.69 Å². The average molecular weight is 383 g/mol. The molecule has 4 aromatic rings. The van der Waals surface area contributed by atoms with Gasteiger partial charge in [-0.25, -0.2) is 0 Å². The first-order valence-corrected chi connectivity index (χ1v) is 10.4. The van der Waals surface area contributed by atoms with Gasteiger partial charge in [0.1, 0.15) is 0 Å². The van der Waals surface area contributed by atoms with Crippen LogP contribution in [0.1, 0.15) is 27.7 Å². The third-order valence-corrected chi connectivity index (χ3v) is 5.97. The van der Waals surface area contributed by atoms with Gasteiger partial charge in [0.05, 0.1) is 22.7 Å². The van der Waals surface area contributed by atoms with E-state index in [0.29, 0.717) is 5.92 Å². The molecule has 1 fully saturated rings. The van der Waals surface area contributed by atoms with Crippen LogP contribution in [0.2, 0.25) is 0 Å². The molecule has 1 aliphatic heterocycles. The van der Waals surface area contributed by atoms with Gasteiger partial charge in [0.15, 0.2) is 0 Å². The second kappa shape index (κ2) is 6.75. The van der Waals surface area contributed by atoms with Crippen LogP contribution >= 0.6 is 0 Å². The van der Waals surface area contributed by atoms with E-state index in [4.69, 9.17) is 9.31 Å². The topological polar surface area (TPSA) is 23.4 Å². The van der Waals surface area contributed by atoms with E-state index in [0.717, 1.165) is 11.2 Å². The summed E-state index contributed by atoms with van der Waals surface area (Å²) in [4.78, 5) is 0. The Kier molecular flexibility index (Phi) is 4.30. The van der Waals surface area contributed by atoms with Gasteiger partial charge in [-0.3, -0.25) is 0 Å². The molecule has 5 rings (SSSR count). The minimum Gasteiger partial charge on any atom is -0.401 e. The highest BCUT2D eigenvalue weighted by molar-refractivity contribution is 6.66. The van der Waals surface area contributed by atoms with Crippen LogP contribution in [-0.2, 0) is 9.31 Å². The number of para-hydroxylation sites is 2. The molecule has 0 saturated carbocycles. The molecule has 0 amide bonds. The first-order valence-electron chi connectivity index (χ1n) is 10.4. The van der Waals surface area contributed by atoms with E-state index in [1.54, 1.807) is 0 Å². The van der Waals surface area contributed by atoms with Crippen LogP contribution in [0.4, 0.5) is 0 Å². The smallest absolute Gasteiger partial charge is 0.401 e. The maximum Gasteiger partial charge on any atom is 0.495 e. The molecular weight excluding hydrogens is 357 g/mol. The molecule has 4 heteroatoms. The van der Waals surface area contributed by atoms with E-state index in [2.05, 4.69) is 105 Å². The van der Waals surface area contributed by atoms with Crippen molar-refractivity contribution < 1.29 is 9.31 Å². The highest BCUT2D eigenvalue weighted by Crippen LogP contribution is 2.35. The van der Waals surface area contributed by atoms with E-state index < -0.39 is 0 Å². The Bertz CT molecular complexity index is 1180. The summed E-state index contributed by atoms with van der Waals surface area (Å²) < 4.78 is 15.2. The summed E-state index contributed by atoms with van der Waals surface area (Å²) in [7, 11) is -0.365. The molecule has 1 aromatic heterocycles. The molecule has 1 saturated heterocycles. The van der Waals surface area contributed by atoms with Gasteiger partial charge in [-0.15, -0.1) is 0 Å². The van der Waals surface area contributed by atoms with E-state index >= 15 is 0 Å². The van der Waals surface area contributed by atoms with Crippen LogP contribution in [0.3, 0.4) is 0 Å². The molecular formula is C25H26BNO2. The molecule has 0 N–H and O–H groups in total. The number of hydrogen-bond donors (Lipinski definition) is 0. The van der Waals surface area contributed by atoms with Crippen LogP contribution in [0, 0.1) is 5.92 Å². The summed E-state index contributed by atoms with van der Waals surface area (Å²) in [5.41, 5.74) is 4.31. The summed E-state index contributed by atoms with van der Waals surface area (Å²) in [6.07, 6.45) is 0.0604. The maximum absolute atomic E-state index is 6.46. The summed E-state index contributed by atoms with van der Waals surface area (Å²) in [5, 5.41) is 2.43. The molecule has 0 radical (unpaired) electrons. The van der Waals surface area contributed by atoms with Gasteiger partial charge < -0.3 is 13.9 Å². The minimum atomic E-state index is -0.365. The Labute approximate surface area is 172 Å². The molecule has 146 valence electrons. The van der Waals surface area contributed by atoms with Crippen LogP contribution < -0.4 is 5.46 Å². The third kappa shape index (κ3) is 2.90. The van der Waals surface area contributed by atoms with Gasteiger partial charge in [-0.2, -0.15) is 0 Å². The molecule has 29 heavy (non-hydrogen) atoms. The molecule has 1 atom stereocenters. The Balaban J connectivity index is 1.76. The fraction of sp³-hybridized carbons (Fsp3) is 0.280. The van der Waals surface area contributed by atoms with Gasteiger partial charge in [-0.1, -0.05) is 62.4 Å². The quantitative estimate of drug-likeness (QED) is 0.447. The fourth-order valence-electron chi connectivity index (χ4n) is 4.86. The number of fused-ring (bicyclic) bond motifs is 3. The van der Waals surface area contributed by atoms with Crippen LogP contribution in [0.5, 0.6) is 0 Å². The number of hydrogen-bond acceptors (Lipinski definition) is 2. The van der Waals surface area contributed by atoms with E-state index in [-0.39, 0.29) is 18.8 Å². The normalized spacial score (nSPS) is 18.9. The largest absolute Gasteiger partial charge is 0.495 e. The lowest BCUT2D eigenvalue weighted by Gasteiger charge is -2.28. The highest BCUT2D eigenvalue weighted by Gasteiger charge is 2.48. The summed E-state index contributed by atoms with van der Waals surface area (Å²) in [6, 6.07) is 25.5. The lowest BCUT2D eigenvalue weighted by molar-refractivity contribution is 0.0438. The van der Waals surface area contributed by atoms with Gasteiger partial charge in [-0.05, 0) is 49.5 Å². The maximum atomic E-state index is 6.46. The van der Waals surface area contributed by atoms with Crippen molar-refractivity contribution in [3.05, 3.63) is 72.8 Å². The molecule has 3 aromatic carbocycles. The van der Waals surface area contributed by atoms with E-state index in [1.165, 1.54) is 21.8 Å². The molecule has 0 bridgehead atoms. The lowest BCUT2D eigenvalue weighted by atomic mass is 9.76. The van der Waals surface area contributed by atoms with Gasteiger partial charge in [0.2, 0.25) is 0 Å². The third-order valence-electron chi connectivity index (χ3n) is 5.97. The molecule has 0 aliphatic carbocycles. The SMILES string of the molecule is CC(C)C1OB(c2cccc3c2c2ccccc2n3-c2ccccc2)OC1(C)C. The predicted octanol–water partition coefficient (Wildman–Crippen LogP) is 5.33. The zero-order chi connectivity index (χ0) is 20.2. The van der Waals surface area contributed by atoms with Crippen molar-refractivity contribution in [2.24, 2.45) is 5.92 Å². The van der Waals surface area contributed by atoms with Crippen molar-refractivity contribution in [3.63, 3.8) is 0 Å². The molecule has 3 nitrogen and oxygen atoms in total. The van der Waals surface area contributed by atoms with Gasteiger partial charge >= 0.3 is 7.12 Å². The predicted molar refractivity (Wildman–Crippen MR) is 121 cm³/mol.